The summed E-state index contributed by atoms with van der Waals surface area (Å²) in [7, 11) is 0. The summed E-state index contributed by atoms with van der Waals surface area (Å²) in [6, 6.07) is 6.25. The number of phenols is 1. The van der Waals surface area contributed by atoms with Crippen molar-refractivity contribution < 1.29 is 49.7 Å². The monoisotopic (exact) mass is 1070 g/mol. The second-order valence-electron chi connectivity index (χ2n) is 27.0. The molecular weight excluding hydrogens is 1010 g/mol. The second kappa shape index (κ2) is 15.0. The van der Waals surface area contributed by atoms with Gasteiger partial charge in [-0.15, -0.1) is 5.92 Å². The zero-order valence-corrected chi connectivity index (χ0v) is 44.5. The van der Waals surface area contributed by atoms with Gasteiger partial charge < -0.3 is 55.4 Å². The number of phenolic OH excluding ortho intramolecular Hbond substituents is 1. The summed E-state index contributed by atoms with van der Waals surface area (Å²) in [6.45, 7) is 1.71. The molecule has 2 aromatic carbocycles. The van der Waals surface area contributed by atoms with Crippen LogP contribution < -0.4 is 10.1 Å². The van der Waals surface area contributed by atoms with Crippen LogP contribution >= 0.6 is 0 Å². The molecule has 5 fully saturated rings. The first kappa shape index (κ1) is 47.3. The molecule has 15 nitrogen and oxygen atoms in total. The minimum absolute atomic E-state index is 0.0143. The third-order valence-corrected chi connectivity index (χ3v) is 23.8. The lowest BCUT2D eigenvalue weighted by Gasteiger charge is -2.64. The number of aryl methyl sites for hydroxylation is 2. The number of aliphatic hydroxyl groups is 5. The fraction of sp³-hybridized carbons (Fsp3) is 0.508. The number of H-pyrrole nitrogens is 2. The molecule has 3 aromatic heterocycles. The average molecular weight is 1070 g/mol. The van der Waals surface area contributed by atoms with Gasteiger partial charge in [-0.05, 0) is 148 Å². The van der Waals surface area contributed by atoms with Crippen LogP contribution in [0.4, 0.5) is 5.82 Å². The lowest BCUT2D eigenvalue weighted by molar-refractivity contribution is -0.366. The number of ketones is 2. The zero-order valence-electron chi connectivity index (χ0n) is 44.5. The van der Waals surface area contributed by atoms with Crippen LogP contribution in [-0.4, -0.2) is 111 Å². The number of carbonyl (C=O) groups is 2. The molecule has 408 valence electrons. The number of imidazole rings is 1. The Balaban J connectivity index is 0.995. The summed E-state index contributed by atoms with van der Waals surface area (Å²) in [4.78, 5) is 48.6. The van der Waals surface area contributed by atoms with E-state index in [1.165, 1.54) is 6.07 Å². The average Bonchev–Trinajstić information content (AvgIpc) is 3.67. The summed E-state index contributed by atoms with van der Waals surface area (Å²) in [6.07, 6.45) is 14.3. The van der Waals surface area contributed by atoms with Crippen LogP contribution in [0.1, 0.15) is 174 Å². The van der Waals surface area contributed by atoms with Gasteiger partial charge in [0.05, 0.1) is 46.5 Å². The summed E-state index contributed by atoms with van der Waals surface area (Å²) < 4.78 is 15.0. The van der Waals surface area contributed by atoms with E-state index in [4.69, 9.17) is 19.4 Å². The first-order chi connectivity index (χ1) is 38.6. The zero-order chi connectivity index (χ0) is 54.0. The lowest BCUT2D eigenvalue weighted by Crippen LogP contribution is -2.79. The molecule has 0 radical (unpaired) electrons. The molecule has 15 aliphatic rings. The van der Waals surface area contributed by atoms with Crippen molar-refractivity contribution in [1.82, 2.24) is 19.9 Å². The molecule has 80 heavy (non-hydrogen) atoms. The van der Waals surface area contributed by atoms with Gasteiger partial charge in [-0.2, -0.15) is 0 Å². The number of allylic oxidation sites excluding steroid dienone is 1. The molecule has 7 heterocycles. The van der Waals surface area contributed by atoms with Crippen LogP contribution in [0.3, 0.4) is 0 Å². The van der Waals surface area contributed by atoms with Gasteiger partial charge >= 0.3 is 0 Å². The number of carbonyl (C=O) groups excluding carboxylic acids is 2. The van der Waals surface area contributed by atoms with E-state index in [2.05, 4.69) is 39.3 Å². The number of nitrogens with zero attached hydrogens (tertiary/aromatic N) is 2. The summed E-state index contributed by atoms with van der Waals surface area (Å²) in [5.41, 5.74) is 2.37. The van der Waals surface area contributed by atoms with Gasteiger partial charge in [0.2, 0.25) is 5.78 Å². The Morgan fingerprint density at radius 1 is 0.875 bits per heavy atom. The Kier molecular flexibility index (Phi) is 8.86. The Bertz CT molecular complexity index is 3930. The van der Waals surface area contributed by atoms with Gasteiger partial charge in [-0.25, -0.2) is 9.97 Å². The van der Waals surface area contributed by atoms with E-state index >= 15 is 9.59 Å². The number of aromatic hydroxyl groups is 1. The summed E-state index contributed by atoms with van der Waals surface area (Å²) >= 11 is 0. The predicted octanol–water partition coefficient (Wildman–Crippen LogP) is 7.62. The van der Waals surface area contributed by atoms with Crippen molar-refractivity contribution in [1.29, 1.82) is 0 Å². The number of aliphatic hydroxyl groups excluding tert-OH is 5. The molecule has 5 aromatic rings. The van der Waals surface area contributed by atoms with Crippen molar-refractivity contribution in [2.45, 2.75) is 163 Å². The Labute approximate surface area is 461 Å². The van der Waals surface area contributed by atoms with E-state index in [-0.39, 0.29) is 57.5 Å². The SMILES string of the molecule is Cc1cc(O)c2c(c1)C(=O)c1c(c3cc4c(nccc14)NC[C@H](O)[C@@]14CC[C@H]5C#CC[C@]67C=Cc8c([nH]c(c8[C@H]51)C1=C[C@@]5(O3)O[C@@]3(C1=C4C[C@@]1(CCC4(CCCC4)C1)[C@@H]3O)[C@@H](O)[C@H](O)[C@H]5O)[C@@]61c3nc[nH]c3CC[C@H]1CCC7)C2=O. The molecule has 4 saturated carbocycles. The number of benzene rings is 2. The standard InChI is InChI=1S/C65H63N5O10/c1-30-22-36-43(40(71)23-30)51(74)46-41-24-35-33(44(46)50(36)73)12-21-66-57(35)67-27-42(72)62-18-10-31-6-4-15-61-16-5-7-32-8-9-39-54(69-29-68-39)64(32,61)53-34(11-17-61)45(47(31)62)49(70-53)37-25-63(79-41)55(76)52(75)56(77)65(80-63)48(37)38(62)26-60(58(65)78)20-19-59(28-60)13-2-3-14-59/h11-12,17,21-25,29,31-32,42,47,52,55-56,58,70-72,75-78H,2-3,5,7-10,13-16,18-20,26-28H2,1H3,(H,66,67)(H,68,69)/t31-,32-,42+,47+,52-,55-,56+,58+,60-,61+,62+,63-,64+,65+/m1/s1. The molecule has 9 N–H and O–H groups in total. The van der Waals surface area contributed by atoms with E-state index in [0.29, 0.717) is 77.5 Å². The van der Waals surface area contributed by atoms with Crippen LogP contribution in [0.15, 0.2) is 60.1 Å². The molecular formula is C65H63N5O10. The molecule has 1 saturated heterocycles. The normalized spacial score (nSPS) is 40.1. The lowest BCUT2D eigenvalue weighted by atomic mass is 9.43. The summed E-state index contributed by atoms with van der Waals surface area (Å²) in [5.74, 6) is 3.29. The highest BCUT2D eigenvalue weighted by Crippen LogP contribution is 2.76. The number of ether oxygens (including phenoxy) is 2. The van der Waals surface area contributed by atoms with Crippen molar-refractivity contribution in [3.63, 3.8) is 0 Å². The molecule has 0 amide bonds. The highest BCUT2D eigenvalue weighted by Gasteiger charge is 2.77. The number of nitrogens with one attached hydrogen (secondary N) is 3. The van der Waals surface area contributed by atoms with Crippen molar-refractivity contribution in [2.75, 3.05) is 11.9 Å². The maximum absolute atomic E-state index is 15.4. The molecule has 15 heteroatoms. The predicted molar refractivity (Wildman–Crippen MR) is 292 cm³/mol. The largest absolute Gasteiger partial charge is 0.507 e. The first-order valence-electron chi connectivity index (χ1n) is 29.5. The van der Waals surface area contributed by atoms with Gasteiger partial charge in [-0.1, -0.05) is 42.9 Å². The molecule has 0 unspecified atom stereocenters. The highest BCUT2D eigenvalue weighted by atomic mass is 16.7. The van der Waals surface area contributed by atoms with E-state index in [9.17, 15) is 30.6 Å². The van der Waals surface area contributed by atoms with E-state index in [1.54, 1.807) is 37.4 Å². The Hall–Kier alpha value is -6.38. The van der Waals surface area contributed by atoms with Gasteiger partial charge in [-0.3, -0.25) is 9.59 Å². The van der Waals surface area contributed by atoms with Crippen LogP contribution in [0, 0.1) is 52.3 Å². The third kappa shape index (κ3) is 5.14. The van der Waals surface area contributed by atoms with E-state index in [0.717, 1.165) is 98.0 Å². The van der Waals surface area contributed by atoms with E-state index in [1.807, 2.05) is 6.33 Å². The number of fused-ring (bicyclic) bond motifs is 7. The fourth-order valence-corrected chi connectivity index (χ4v) is 20.9. The molecule has 20 rings (SSSR count). The van der Waals surface area contributed by atoms with Crippen molar-refractivity contribution in [2.24, 2.45) is 33.5 Å². The maximum Gasteiger partial charge on any atom is 0.261 e. The topological polar surface area (TPSA) is 243 Å². The van der Waals surface area contributed by atoms with Crippen LogP contribution in [-0.2, 0) is 16.6 Å². The number of rotatable bonds is 0. The van der Waals surface area contributed by atoms with E-state index < -0.39 is 81.1 Å². The quantitative estimate of drug-likeness (QED) is 0.0666. The number of hydrogen-bond donors (Lipinski definition) is 9. The van der Waals surface area contributed by atoms with Crippen molar-refractivity contribution in [3.05, 3.63) is 122 Å². The molecule has 14 atom stereocenters. The number of aromatic nitrogens is 4. The van der Waals surface area contributed by atoms with Crippen LogP contribution in [0.5, 0.6) is 11.5 Å². The van der Waals surface area contributed by atoms with Crippen LogP contribution in [0.25, 0.3) is 22.4 Å². The highest BCUT2D eigenvalue weighted by molar-refractivity contribution is 6.34. The van der Waals surface area contributed by atoms with Crippen molar-refractivity contribution >= 4 is 39.8 Å². The number of anilines is 1. The minimum Gasteiger partial charge on any atom is -0.507 e. The number of pyridine rings is 1. The first-order valence-corrected chi connectivity index (χ1v) is 29.5. The fourth-order valence-electron chi connectivity index (χ4n) is 20.9. The maximum atomic E-state index is 15.4. The second-order valence-corrected chi connectivity index (χ2v) is 27.0. The summed E-state index contributed by atoms with van der Waals surface area (Å²) in [5, 5.41) is 83.9. The number of aromatic amines is 2. The van der Waals surface area contributed by atoms with Crippen LogP contribution in [0.2, 0.25) is 0 Å². The molecule has 12 bridgehead atoms. The van der Waals surface area contributed by atoms with Gasteiger partial charge in [0.25, 0.3) is 5.79 Å². The molecule has 11 aliphatic carbocycles. The van der Waals surface area contributed by atoms with Gasteiger partial charge in [0.15, 0.2) is 17.5 Å². The molecule has 7 spiro atoms. The van der Waals surface area contributed by atoms with Crippen molar-refractivity contribution in [3.8, 4) is 23.3 Å². The van der Waals surface area contributed by atoms with Gasteiger partial charge in [0.1, 0.15) is 29.5 Å². The molecule has 4 aliphatic heterocycles. The Morgan fingerprint density at radius 2 is 1.74 bits per heavy atom. The van der Waals surface area contributed by atoms with Gasteiger partial charge in [0, 0.05) is 86.3 Å². The Morgan fingerprint density at radius 3 is 2.60 bits per heavy atom. The number of hydrogen-bond acceptors (Lipinski definition) is 13. The smallest absolute Gasteiger partial charge is 0.261 e. The third-order valence-electron chi connectivity index (χ3n) is 23.8. The minimum atomic E-state index is -2.49.